The Labute approximate surface area is 176 Å². The first-order valence-corrected chi connectivity index (χ1v) is 11.1. The molecule has 1 aliphatic carbocycles. The summed E-state index contributed by atoms with van der Waals surface area (Å²) in [5.41, 5.74) is 0.895. The van der Waals surface area contributed by atoms with E-state index in [0.29, 0.717) is 23.6 Å². The van der Waals surface area contributed by atoms with E-state index in [1.165, 1.54) is 39.0 Å². The van der Waals surface area contributed by atoms with Crippen molar-refractivity contribution >= 4 is 29.2 Å². The maximum absolute atomic E-state index is 13.0. The summed E-state index contributed by atoms with van der Waals surface area (Å²) in [5, 5.41) is 3.89. The normalized spacial score (nSPS) is 15.1. The second-order valence-corrected chi connectivity index (χ2v) is 8.58. The van der Waals surface area contributed by atoms with E-state index in [1.54, 1.807) is 11.8 Å². The van der Waals surface area contributed by atoms with Crippen LogP contribution in [0.15, 0.2) is 69.5 Å². The molecule has 0 N–H and O–H groups in total. The molecular weight excluding hydrogens is 382 g/mol. The highest BCUT2D eigenvalue weighted by molar-refractivity contribution is 7.99. The van der Waals surface area contributed by atoms with Gasteiger partial charge in [-0.3, -0.25) is 4.79 Å². The maximum Gasteiger partial charge on any atom is 0.331 e. The Morgan fingerprint density at radius 3 is 2.28 bits per heavy atom. The summed E-state index contributed by atoms with van der Waals surface area (Å²) in [5.74, 6) is -0.0513. The standard InChI is InChI=1S/C24H27NO3S/c1-18(26)28-25-23(17-12-19-8-4-2-5-9-19)24(27)20-13-15-22(16-14-20)29-21-10-6-3-7-11-21/h3,6-7,10-11,13-16,19H,2,4-5,8-9,12,17H2,1H3/b25-23-. The van der Waals surface area contributed by atoms with Crippen LogP contribution in [0.25, 0.3) is 0 Å². The molecule has 5 heteroatoms. The molecule has 1 saturated carbocycles. The van der Waals surface area contributed by atoms with Crippen LogP contribution in [-0.4, -0.2) is 17.5 Å². The molecule has 0 bridgehead atoms. The Balaban J connectivity index is 1.67. The van der Waals surface area contributed by atoms with Gasteiger partial charge in [0.15, 0.2) is 0 Å². The van der Waals surface area contributed by atoms with Gasteiger partial charge in [-0.1, -0.05) is 67.2 Å². The third kappa shape index (κ3) is 6.86. The summed E-state index contributed by atoms with van der Waals surface area (Å²) in [4.78, 5) is 31.2. The number of hydrogen-bond donors (Lipinski definition) is 0. The molecule has 29 heavy (non-hydrogen) atoms. The van der Waals surface area contributed by atoms with Crippen LogP contribution in [0.2, 0.25) is 0 Å². The van der Waals surface area contributed by atoms with Gasteiger partial charge in [-0.25, -0.2) is 4.79 Å². The minimum atomic E-state index is -0.512. The molecule has 152 valence electrons. The van der Waals surface area contributed by atoms with Crippen molar-refractivity contribution in [1.82, 2.24) is 0 Å². The second-order valence-electron chi connectivity index (χ2n) is 7.43. The fraction of sp³-hybridized carbons (Fsp3) is 0.375. The lowest BCUT2D eigenvalue weighted by Gasteiger charge is -2.21. The zero-order valence-corrected chi connectivity index (χ0v) is 17.6. The predicted octanol–water partition coefficient (Wildman–Crippen LogP) is 6.30. The van der Waals surface area contributed by atoms with E-state index in [9.17, 15) is 9.59 Å². The van der Waals surface area contributed by atoms with Crippen molar-refractivity contribution < 1.29 is 14.4 Å². The summed E-state index contributed by atoms with van der Waals surface area (Å²) >= 11 is 1.65. The van der Waals surface area contributed by atoms with Crippen LogP contribution in [0.3, 0.4) is 0 Å². The monoisotopic (exact) mass is 409 g/mol. The highest BCUT2D eigenvalue weighted by Crippen LogP contribution is 2.29. The van der Waals surface area contributed by atoms with Gasteiger partial charge in [0, 0.05) is 22.3 Å². The number of hydrogen-bond acceptors (Lipinski definition) is 5. The molecule has 3 rings (SSSR count). The summed E-state index contributed by atoms with van der Waals surface area (Å²) in [7, 11) is 0. The van der Waals surface area contributed by atoms with E-state index >= 15 is 0 Å². The van der Waals surface area contributed by atoms with Crippen LogP contribution in [0.5, 0.6) is 0 Å². The van der Waals surface area contributed by atoms with Gasteiger partial charge in [0.2, 0.25) is 5.78 Å². The second kappa shape index (κ2) is 11.0. The van der Waals surface area contributed by atoms with Crippen molar-refractivity contribution in [1.29, 1.82) is 0 Å². The molecule has 1 aliphatic rings. The van der Waals surface area contributed by atoms with E-state index in [1.807, 2.05) is 42.5 Å². The van der Waals surface area contributed by atoms with Gasteiger partial charge >= 0.3 is 5.97 Å². The molecule has 4 nitrogen and oxygen atoms in total. The average Bonchev–Trinajstić information content (AvgIpc) is 2.75. The Kier molecular flexibility index (Phi) is 8.05. The van der Waals surface area contributed by atoms with E-state index in [2.05, 4.69) is 17.3 Å². The highest BCUT2D eigenvalue weighted by atomic mass is 32.2. The Morgan fingerprint density at radius 1 is 0.966 bits per heavy atom. The molecule has 0 heterocycles. The van der Waals surface area contributed by atoms with Crippen LogP contribution in [0, 0.1) is 5.92 Å². The number of rotatable bonds is 8. The van der Waals surface area contributed by atoms with Crippen LogP contribution in [0.4, 0.5) is 0 Å². The van der Waals surface area contributed by atoms with E-state index in [-0.39, 0.29) is 5.78 Å². The minimum Gasteiger partial charge on any atom is -0.318 e. The van der Waals surface area contributed by atoms with Crippen molar-refractivity contribution in [2.45, 2.75) is 61.7 Å². The van der Waals surface area contributed by atoms with Crippen LogP contribution >= 0.6 is 11.8 Å². The summed E-state index contributed by atoms with van der Waals surface area (Å²) in [6, 6.07) is 17.6. The quantitative estimate of drug-likeness (QED) is 0.222. The molecule has 0 atom stereocenters. The number of carbonyl (C=O) groups is 2. The van der Waals surface area contributed by atoms with Gasteiger partial charge in [-0.2, -0.15) is 0 Å². The summed E-state index contributed by atoms with van der Waals surface area (Å²) in [6.45, 7) is 1.29. The van der Waals surface area contributed by atoms with Crippen LogP contribution in [0.1, 0.15) is 62.2 Å². The molecule has 0 aliphatic heterocycles. The first-order chi connectivity index (χ1) is 14.1. The van der Waals surface area contributed by atoms with E-state index in [0.717, 1.165) is 16.2 Å². The topological polar surface area (TPSA) is 55.7 Å². The van der Waals surface area contributed by atoms with E-state index < -0.39 is 5.97 Å². The molecule has 0 unspecified atom stereocenters. The van der Waals surface area contributed by atoms with Gasteiger partial charge < -0.3 is 4.84 Å². The van der Waals surface area contributed by atoms with Gasteiger partial charge in [0.1, 0.15) is 5.71 Å². The van der Waals surface area contributed by atoms with Crippen LogP contribution < -0.4 is 0 Å². The van der Waals surface area contributed by atoms with Crippen molar-refractivity contribution in [2.75, 3.05) is 0 Å². The summed E-state index contributed by atoms with van der Waals surface area (Å²) < 4.78 is 0. The number of Topliss-reactive ketones (excluding diaryl/α,β-unsaturated/α-hetero) is 1. The smallest absolute Gasteiger partial charge is 0.318 e. The zero-order chi connectivity index (χ0) is 20.5. The molecule has 1 fully saturated rings. The van der Waals surface area contributed by atoms with Gasteiger partial charge in [0.05, 0.1) is 0 Å². The predicted molar refractivity (Wildman–Crippen MR) is 116 cm³/mol. The molecule has 0 spiro atoms. The molecule has 0 amide bonds. The average molecular weight is 410 g/mol. The zero-order valence-electron chi connectivity index (χ0n) is 16.8. The number of nitrogens with zero attached hydrogens (tertiary/aromatic N) is 1. The van der Waals surface area contributed by atoms with Crippen LogP contribution in [-0.2, 0) is 9.63 Å². The fourth-order valence-electron chi connectivity index (χ4n) is 3.60. The number of carbonyl (C=O) groups excluding carboxylic acids is 2. The Bertz CT molecular complexity index is 840. The lowest BCUT2D eigenvalue weighted by Crippen LogP contribution is -2.18. The Hall–Kier alpha value is -2.40. The van der Waals surface area contributed by atoms with Gasteiger partial charge in [-0.15, -0.1) is 0 Å². The van der Waals surface area contributed by atoms with Gasteiger partial charge in [-0.05, 0) is 55.2 Å². The van der Waals surface area contributed by atoms with Crippen molar-refractivity contribution in [3.63, 3.8) is 0 Å². The first kappa shape index (κ1) is 21.3. The van der Waals surface area contributed by atoms with Gasteiger partial charge in [0.25, 0.3) is 0 Å². The minimum absolute atomic E-state index is 0.168. The molecule has 2 aromatic carbocycles. The largest absolute Gasteiger partial charge is 0.331 e. The SMILES string of the molecule is CC(=O)O/N=C(/CCC1CCCCC1)C(=O)c1ccc(Sc2ccccc2)cc1. The number of ketones is 1. The van der Waals surface area contributed by atoms with Crippen molar-refractivity contribution in [3.8, 4) is 0 Å². The third-order valence-corrected chi connectivity index (χ3v) is 6.17. The Morgan fingerprint density at radius 2 is 1.62 bits per heavy atom. The molecule has 0 radical (unpaired) electrons. The van der Waals surface area contributed by atoms with E-state index in [4.69, 9.17) is 4.84 Å². The lowest BCUT2D eigenvalue weighted by atomic mass is 9.85. The first-order valence-electron chi connectivity index (χ1n) is 10.2. The summed E-state index contributed by atoms with van der Waals surface area (Å²) in [6.07, 6.45) is 7.69. The molecular formula is C24H27NO3S. The van der Waals surface area contributed by atoms with Crippen molar-refractivity contribution in [2.24, 2.45) is 11.1 Å². The molecule has 0 saturated heterocycles. The lowest BCUT2D eigenvalue weighted by molar-refractivity contribution is -0.140. The number of oxime groups is 1. The number of benzene rings is 2. The fourth-order valence-corrected chi connectivity index (χ4v) is 4.44. The third-order valence-electron chi connectivity index (χ3n) is 5.16. The molecule has 2 aromatic rings. The molecule has 0 aromatic heterocycles. The highest BCUT2D eigenvalue weighted by Gasteiger charge is 2.20. The maximum atomic E-state index is 13.0. The van der Waals surface area contributed by atoms with Crippen molar-refractivity contribution in [3.05, 3.63) is 60.2 Å².